The Morgan fingerprint density at radius 3 is 2.59 bits per heavy atom. The predicted molar refractivity (Wildman–Crippen MR) is 112 cm³/mol. The lowest BCUT2D eigenvalue weighted by Gasteiger charge is -2.38. The average molecular weight is 394 g/mol. The van der Waals surface area contributed by atoms with Gasteiger partial charge in [0.15, 0.2) is 5.11 Å². The quantitative estimate of drug-likeness (QED) is 0.393. The first kappa shape index (κ1) is 21.3. The molecule has 0 aromatic heterocycles. The Bertz CT molecular complexity index is 604. The summed E-state index contributed by atoms with van der Waals surface area (Å²) >= 11 is 5.53. The summed E-state index contributed by atoms with van der Waals surface area (Å²) in [6.45, 7) is 7.16. The molecule has 7 heteroatoms. The minimum Gasteiger partial charge on any atom is -0.492 e. The lowest BCUT2D eigenvalue weighted by Crippen LogP contribution is -2.52. The fraction of sp³-hybridized carbons (Fsp3) is 0.600. The summed E-state index contributed by atoms with van der Waals surface area (Å²) in [6.07, 6.45) is 3.34. The number of ether oxygens (including phenoxy) is 2. The van der Waals surface area contributed by atoms with Gasteiger partial charge in [-0.1, -0.05) is 18.6 Å². The minimum atomic E-state index is -0.137. The van der Waals surface area contributed by atoms with Crippen LogP contribution in [0.1, 0.15) is 32.6 Å². The highest BCUT2D eigenvalue weighted by molar-refractivity contribution is 7.80. The van der Waals surface area contributed by atoms with E-state index in [9.17, 15) is 4.79 Å². The van der Waals surface area contributed by atoms with E-state index in [1.807, 2.05) is 19.1 Å². The Morgan fingerprint density at radius 2 is 1.89 bits per heavy atom. The van der Waals surface area contributed by atoms with E-state index in [0.29, 0.717) is 13.0 Å². The summed E-state index contributed by atoms with van der Waals surface area (Å²) in [5.41, 5.74) is 1.16. The van der Waals surface area contributed by atoms with Crippen molar-refractivity contribution >= 4 is 29.0 Å². The molecule has 2 rings (SSSR count). The molecule has 1 aromatic rings. The first-order valence-electron chi connectivity index (χ1n) is 9.72. The van der Waals surface area contributed by atoms with Crippen LogP contribution in [0.4, 0.5) is 5.69 Å². The smallest absolute Gasteiger partial charge is 0.305 e. The van der Waals surface area contributed by atoms with E-state index in [0.717, 1.165) is 68.5 Å². The molecule has 0 radical (unpaired) electrons. The summed E-state index contributed by atoms with van der Waals surface area (Å²) in [4.78, 5) is 15.7. The van der Waals surface area contributed by atoms with Gasteiger partial charge in [-0.3, -0.25) is 4.79 Å². The molecule has 1 N–H and O–H groups in total. The first-order valence-corrected chi connectivity index (χ1v) is 10.1. The SMILES string of the molecule is CCOc1ccccc1N1CCN(C(=S)NCCCCCC(=O)OC)CC1. The normalized spacial score (nSPS) is 14.0. The molecule has 6 nitrogen and oxygen atoms in total. The molecule has 1 heterocycles. The van der Waals surface area contributed by atoms with Crippen LogP contribution in [0, 0.1) is 0 Å². The second kappa shape index (κ2) is 11.6. The third-order valence-electron chi connectivity index (χ3n) is 4.63. The molecule has 0 spiro atoms. The highest BCUT2D eigenvalue weighted by Gasteiger charge is 2.20. The number of anilines is 1. The Balaban J connectivity index is 1.68. The fourth-order valence-corrected chi connectivity index (χ4v) is 3.41. The number of carbonyl (C=O) groups excluding carboxylic acids is 1. The Hall–Kier alpha value is -2.02. The van der Waals surface area contributed by atoms with E-state index < -0.39 is 0 Å². The summed E-state index contributed by atoms with van der Waals surface area (Å²) in [6, 6.07) is 8.20. The molecule has 0 amide bonds. The number of hydrogen-bond acceptors (Lipinski definition) is 5. The molecule has 0 atom stereocenters. The van der Waals surface area contributed by atoms with Crippen LogP contribution in [-0.4, -0.2) is 62.4 Å². The number of benzene rings is 1. The Morgan fingerprint density at radius 1 is 1.15 bits per heavy atom. The third-order valence-corrected chi connectivity index (χ3v) is 5.04. The van der Waals surface area contributed by atoms with Gasteiger partial charge >= 0.3 is 5.97 Å². The van der Waals surface area contributed by atoms with Crippen molar-refractivity contribution in [3.8, 4) is 5.75 Å². The van der Waals surface area contributed by atoms with E-state index in [1.54, 1.807) is 0 Å². The van der Waals surface area contributed by atoms with E-state index in [4.69, 9.17) is 17.0 Å². The highest BCUT2D eigenvalue weighted by Crippen LogP contribution is 2.28. The van der Waals surface area contributed by atoms with Crippen molar-refractivity contribution in [1.82, 2.24) is 10.2 Å². The van der Waals surface area contributed by atoms with Crippen LogP contribution < -0.4 is 15.0 Å². The number of carbonyl (C=O) groups is 1. The zero-order valence-corrected chi connectivity index (χ0v) is 17.2. The third kappa shape index (κ3) is 6.90. The number of piperazine rings is 1. The highest BCUT2D eigenvalue weighted by atomic mass is 32.1. The lowest BCUT2D eigenvalue weighted by molar-refractivity contribution is -0.140. The van der Waals surface area contributed by atoms with Gasteiger partial charge < -0.3 is 24.6 Å². The maximum atomic E-state index is 11.1. The van der Waals surface area contributed by atoms with E-state index in [-0.39, 0.29) is 5.97 Å². The average Bonchev–Trinajstić information content (AvgIpc) is 2.71. The molecule has 0 saturated carbocycles. The van der Waals surface area contributed by atoms with Gasteiger partial charge in [0.05, 0.1) is 19.4 Å². The van der Waals surface area contributed by atoms with Crippen molar-refractivity contribution in [2.75, 3.05) is 51.3 Å². The van der Waals surface area contributed by atoms with Crippen LogP contribution in [0.5, 0.6) is 5.75 Å². The molecule has 27 heavy (non-hydrogen) atoms. The monoisotopic (exact) mass is 393 g/mol. The molecular formula is C20H31N3O3S. The first-order chi connectivity index (χ1) is 13.2. The fourth-order valence-electron chi connectivity index (χ4n) is 3.13. The maximum absolute atomic E-state index is 11.1. The minimum absolute atomic E-state index is 0.137. The molecule has 0 aliphatic carbocycles. The number of thiocarbonyl (C=S) groups is 1. The zero-order chi connectivity index (χ0) is 19.5. The Labute approximate surface area is 167 Å². The number of methoxy groups -OCH3 is 1. The summed E-state index contributed by atoms with van der Waals surface area (Å²) in [5.74, 6) is 0.809. The van der Waals surface area contributed by atoms with Gasteiger partial charge in [0.1, 0.15) is 5.75 Å². The number of rotatable bonds is 9. The van der Waals surface area contributed by atoms with Crippen LogP contribution >= 0.6 is 12.2 Å². The predicted octanol–water partition coefficient (Wildman–Crippen LogP) is 2.82. The molecule has 0 unspecified atom stereocenters. The van der Waals surface area contributed by atoms with Crippen molar-refractivity contribution in [3.63, 3.8) is 0 Å². The molecular weight excluding hydrogens is 362 g/mol. The topological polar surface area (TPSA) is 54.0 Å². The van der Waals surface area contributed by atoms with Crippen LogP contribution in [0.3, 0.4) is 0 Å². The van der Waals surface area contributed by atoms with Crippen LogP contribution in [0.25, 0.3) is 0 Å². The number of nitrogens with zero attached hydrogens (tertiary/aromatic N) is 2. The van der Waals surface area contributed by atoms with Crippen molar-refractivity contribution in [1.29, 1.82) is 0 Å². The maximum Gasteiger partial charge on any atom is 0.305 e. The molecule has 1 saturated heterocycles. The van der Waals surface area contributed by atoms with Gasteiger partial charge in [-0.25, -0.2) is 0 Å². The second-order valence-electron chi connectivity index (χ2n) is 6.49. The molecule has 1 aliphatic heterocycles. The lowest BCUT2D eigenvalue weighted by atomic mass is 10.2. The summed E-state index contributed by atoms with van der Waals surface area (Å²) in [7, 11) is 1.43. The van der Waals surface area contributed by atoms with Gasteiger partial charge in [0.2, 0.25) is 0 Å². The standard InChI is InChI=1S/C20H31N3O3S/c1-3-26-18-10-7-6-9-17(18)22-13-15-23(16-14-22)20(27)21-12-8-4-5-11-19(24)25-2/h6-7,9-10H,3-5,8,11-16H2,1-2H3,(H,21,27). The molecule has 150 valence electrons. The zero-order valence-electron chi connectivity index (χ0n) is 16.4. The summed E-state index contributed by atoms with van der Waals surface area (Å²) in [5, 5.41) is 4.16. The van der Waals surface area contributed by atoms with Gasteiger partial charge in [-0.2, -0.15) is 0 Å². The van der Waals surface area contributed by atoms with Crippen LogP contribution in [0.15, 0.2) is 24.3 Å². The number of hydrogen-bond donors (Lipinski definition) is 1. The number of para-hydroxylation sites is 2. The van der Waals surface area contributed by atoms with E-state index >= 15 is 0 Å². The van der Waals surface area contributed by atoms with E-state index in [1.165, 1.54) is 7.11 Å². The molecule has 1 aromatic carbocycles. The van der Waals surface area contributed by atoms with Crippen LogP contribution in [-0.2, 0) is 9.53 Å². The van der Waals surface area contributed by atoms with Crippen molar-refractivity contribution in [3.05, 3.63) is 24.3 Å². The van der Waals surface area contributed by atoms with Crippen molar-refractivity contribution in [2.24, 2.45) is 0 Å². The molecule has 1 aliphatic rings. The van der Waals surface area contributed by atoms with Gasteiger partial charge in [-0.05, 0) is 44.1 Å². The molecule has 1 fully saturated rings. The number of esters is 1. The second-order valence-corrected chi connectivity index (χ2v) is 6.88. The van der Waals surface area contributed by atoms with Crippen LogP contribution in [0.2, 0.25) is 0 Å². The van der Waals surface area contributed by atoms with Gasteiger partial charge in [-0.15, -0.1) is 0 Å². The van der Waals surface area contributed by atoms with Crippen molar-refractivity contribution < 1.29 is 14.3 Å². The van der Waals surface area contributed by atoms with Crippen molar-refractivity contribution in [2.45, 2.75) is 32.6 Å². The summed E-state index contributed by atoms with van der Waals surface area (Å²) < 4.78 is 10.4. The Kier molecular flexibility index (Phi) is 9.18. The van der Waals surface area contributed by atoms with Gasteiger partial charge in [0.25, 0.3) is 0 Å². The van der Waals surface area contributed by atoms with Gasteiger partial charge in [0, 0.05) is 39.1 Å². The number of unbranched alkanes of at least 4 members (excludes halogenated alkanes) is 2. The largest absolute Gasteiger partial charge is 0.492 e. The van der Waals surface area contributed by atoms with E-state index in [2.05, 4.69) is 32.0 Å². The number of nitrogens with one attached hydrogen (secondary N) is 1. The molecule has 0 bridgehead atoms.